The van der Waals surface area contributed by atoms with Gasteiger partial charge in [-0.2, -0.15) is 13.2 Å². The van der Waals surface area contributed by atoms with Crippen molar-refractivity contribution in [3.63, 3.8) is 0 Å². The Morgan fingerprint density at radius 2 is 1.87 bits per heavy atom. The van der Waals surface area contributed by atoms with Crippen LogP contribution >= 0.6 is 28.3 Å². The maximum absolute atomic E-state index is 12.2. The molecule has 15 heavy (non-hydrogen) atoms. The molecule has 0 radical (unpaired) electrons. The second kappa shape index (κ2) is 4.85. The molecule has 0 bridgehead atoms. The molecule has 0 saturated heterocycles. The molecule has 3 N–H and O–H groups in total. The van der Waals surface area contributed by atoms with Crippen molar-refractivity contribution in [2.24, 2.45) is 5.73 Å². The standard InChI is InChI=1S/C8H6BrF3N2.ClH/c9-6-2-1-4(8(10,11)12)3-5(6)7(13)14;/h1-3H,(H3,13,14);1H. The molecule has 0 spiro atoms. The molecule has 0 amide bonds. The van der Waals surface area contributed by atoms with Crippen molar-refractivity contribution in [1.29, 1.82) is 5.41 Å². The molecule has 84 valence electrons. The quantitative estimate of drug-likeness (QED) is 0.607. The summed E-state index contributed by atoms with van der Waals surface area (Å²) < 4.78 is 37.1. The van der Waals surface area contributed by atoms with Gasteiger partial charge in [-0.1, -0.05) is 15.9 Å². The van der Waals surface area contributed by atoms with Crippen molar-refractivity contribution in [3.05, 3.63) is 33.8 Å². The summed E-state index contributed by atoms with van der Waals surface area (Å²) in [5, 5.41) is 7.06. The predicted molar refractivity (Wildman–Crippen MR) is 57.4 cm³/mol. The lowest BCUT2D eigenvalue weighted by Gasteiger charge is -2.09. The van der Waals surface area contributed by atoms with E-state index in [1.165, 1.54) is 6.07 Å². The minimum atomic E-state index is -4.41. The lowest BCUT2D eigenvalue weighted by Crippen LogP contribution is -2.14. The molecule has 0 aromatic heterocycles. The zero-order chi connectivity index (χ0) is 10.9. The molecule has 0 atom stereocenters. The number of nitrogens with two attached hydrogens (primary N) is 1. The van der Waals surface area contributed by atoms with Crippen molar-refractivity contribution in [1.82, 2.24) is 0 Å². The average Bonchev–Trinajstić information content (AvgIpc) is 2.02. The highest BCUT2D eigenvalue weighted by Crippen LogP contribution is 2.31. The first-order valence-corrected chi connectivity index (χ1v) is 4.33. The Morgan fingerprint density at radius 1 is 1.33 bits per heavy atom. The summed E-state index contributed by atoms with van der Waals surface area (Å²) in [6.07, 6.45) is -4.41. The van der Waals surface area contributed by atoms with Gasteiger partial charge in [-0.25, -0.2) is 0 Å². The molecule has 0 saturated carbocycles. The van der Waals surface area contributed by atoms with E-state index in [1.807, 2.05) is 0 Å². The highest BCUT2D eigenvalue weighted by atomic mass is 79.9. The summed E-state index contributed by atoms with van der Waals surface area (Å²) >= 11 is 3.01. The molecule has 1 rings (SSSR count). The Morgan fingerprint density at radius 3 is 2.27 bits per heavy atom. The van der Waals surface area contributed by atoms with E-state index in [9.17, 15) is 13.2 Å². The number of nitrogen functional groups attached to an aromatic ring is 1. The largest absolute Gasteiger partial charge is 0.416 e. The van der Waals surface area contributed by atoms with Crippen molar-refractivity contribution in [2.45, 2.75) is 6.18 Å². The monoisotopic (exact) mass is 302 g/mol. The van der Waals surface area contributed by atoms with Gasteiger partial charge in [-0.05, 0) is 18.2 Å². The van der Waals surface area contributed by atoms with E-state index in [1.54, 1.807) is 0 Å². The second-order valence-electron chi connectivity index (χ2n) is 2.61. The van der Waals surface area contributed by atoms with Crippen LogP contribution in [-0.4, -0.2) is 5.84 Å². The van der Waals surface area contributed by atoms with E-state index in [-0.39, 0.29) is 18.0 Å². The zero-order valence-electron chi connectivity index (χ0n) is 7.23. The van der Waals surface area contributed by atoms with Crippen LogP contribution in [0, 0.1) is 5.41 Å². The molecular weight excluding hydrogens is 296 g/mol. The van der Waals surface area contributed by atoms with Gasteiger partial charge in [0.15, 0.2) is 0 Å². The molecule has 0 aliphatic heterocycles. The molecule has 0 heterocycles. The topological polar surface area (TPSA) is 49.9 Å². The van der Waals surface area contributed by atoms with Crippen LogP contribution in [0.2, 0.25) is 0 Å². The summed E-state index contributed by atoms with van der Waals surface area (Å²) in [4.78, 5) is 0. The first-order valence-electron chi connectivity index (χ1n) is 3.53. The highest BCUT2D eigenvalue weighted by molar-refractivity contribution is 9.10. The molecule has 2 nitrogen and oxygen atoms in total. The summed E-state index contributed by atoms with van der Waals surface area (Å²) in [5.74, 6) is -0.400. The molecule has 0 fully saturated rings. The van der Waals surface area contributed by atoms with Crippen LogP contribution in [0.1, 0.15) is 11.1 Å². The maximum atomic E-state index is 12.2. The van der Waals surface area contributed by atoms with E-state index in [2.05, 4.69) is 15.9 Å². The number of hydrogen-bond donors (Lipinski definition) is 2. The number of amidine groups is 1. The number of alkyl halides is 3. The van der Waals surface area contributed by atoms with Gasteiger partial charge in [0.05, 0.1) is 5.56 Å². The number of hydrogen-bond acceptors (Lipinski definition) is 1. The molecule has 7 heteroatoms. The Balaban J connectivity index is 0.00000196. The molecule has 0 aliphatic carbocycles. The van der Waals surface area contributed by atoms with Crippen LogP contribution < -0.4 is 5.73 Å². The Labute approximate surface area is 98.7 Å². The molecule has 1 aromatic carbocycles. The average molecular weight is 304 g/mol. The summed E-state index contributed by atoms with van der Waals surface area (Å²) in [7, 11) is 0. The van der Waals surface area contributed by atoms with Crippen molar-refractivity contribution in [2.75, 3.05) is 0 Å². The third-order valence-electron chi connectivity index (χ3n) is 1.58. The van der Waals surface area contributed by atoms with E-state index >= 15 is 0 Å². The van der Waals surface area contributed by atoms with Crippen LogP contribution in [0.5, 0.6) is 0 Å². The fraction of sp³-hybridized carbons (Fsp3) is 0.125. The first kappa shape index (κ1) is 14.2. The van der Waals surface area contributed by atoms with Crippen LogP contribution in [0.4, 0.5) is 13.2 Å². The summed E-state index contributed by atoms with van der Waals surface area (Å²) in [5.41, 5.74) is 4.34. The highest BCUT2D eigenvalue weighted by Gasteiger charge is 2.31. The van der Waals surface area contributed by atoms with Crippen LogP contribution in [0.25, 0.3) is 0 Å². The van der Waals surface area contributed by atoms with Crippen LogP contribution in [-0.2, 0) is 6.18 Å². The SMILES string of the molecule is Cl.N=C(N)c1cc(C(F)(F)F)ccc1Br. The Kier molecular flexibility index (Phi) is 4.61. The van der Waals surface area contributed by atoms with Crippen molar-refractivity contribution >= 4 is 34.2 Å². The van der Waals surface area contributed by atoms with E-state index in [0.717, 1.165) is 12.1 Å². The van der Waals surface area contributed by atoms with Gasteiger partial charge in [0.2, 0.25) is 0 Å². The smallest absolute Gasteiger partial charge is 0.384 e. The van der Waals surface area contributed by atoms with Crippen LogP contribution in [0.15, 0.2) is 22.7 Å². The minimum Gasteiger partial charge on any atom is -0.384 e. The van der Waals surface area contributed by atoms with Crippen molar-refractivity contribution < 1.29 is 13.2 Å². The van der Waals surface area contributed by atoms with Gasteiger partial charge in [-0.15, -0.1) is 12.4 Å². The van der Waals surface area contributed by atoms with Gasteiger partial charge < -0.3 is 5.73 Å². The summed E-state index contributed by atoms with van der Waals surface area (Å²) in [6, 6.07) is 2.99. The van der Waals surface area contributed by atoms with E-state index in [4.69, 9.17) is 11.1 Å². The third kappa shape index (κ3) is 3.39. The number of benzene rings is 1. The van der Waals surface area contributed by atoms with E-state index < -0.39 is 17.6 Å². The number of halogens is 5. The van der Waals surface area contributed by atoms with Gasteiger partial charge in [0.1, 0.15) is 5.84 Å². The normalized spacial score (nSPS) is 10.7. The molecule has 0 unspecified atom stereocenters. The Bertz CT molecular complexity index is 379. The minimum absolute atomic E-state index is 0. The fourth-order valence-corrected chi connectivity index (χ4v) is 1.37. The first-order chi connectivity index (χ1) is 6.32. The lowest BCUT2D eigenvalue weighted by molar-refractivity contribution is -0.137. The van der Waals surface area contributed by atoms with E-state index in [0.29, 0.717) is 4.47 Å². The molecule has 1 aromatic rings. The van der Waals surface area contributed by atoms with Gasteiger partial charge in [0.25, 0.3) is 0 Å². The Hall–Kier alpha value is -0.750. The van der Waals surface area contributed by atoms with Gasteiger partial charge in [0, 0.05) is 10.0 Å². The fourth-order valence-electron chi connectivity index (χ4n) is 0.908. The van der Waals surface area contributed by atoms with Crippen molar-refractivity contribution in [3.8, 4) is 0 Å². The third-order valence-corrected chi connectivity index (χ3v) is 2.28. The predicted octanol–water partition coefficient (Wildman–Crippen LogP) is 3.17. The zero-order valence-corrected chi connectivity index (χ0v) is 9.63. The number of rotatable bonds is 1. The lowest BCUT2D eigenvalue weighted by atomic mass is 10.1. The summed E-state index contributed by atoms with van der Waals surface area (Å²) in [6.45, 7) is 0. The number of nitrogens with one attached hydrogen (secondary N) is 1. The molecular formula is C8H7BrClF3N2. The second-order valence-corrected chi connectivity index (χ2v) is 3.46. The van der Waals surface area contributed by atoms with Crippen LogP contribution in [0.3, 0.4) is 0 Å². The van der Waals surface area contributed by atoms with Gasteiger partial charge in [-0.3, -0.25) is 5.41 Å². The molecule has 0 aliphatic rings. The maximum Gasteiger partial charge on any atom is 0.416 e. The van der Waals surface area contributed by atoms with Gasteiger partial charge >= 0.3 is 6.18 Å².